The van der Waals surface area contributed by atoms with Gasteiger partial charge in [0.1, 0.15) is 24.0 Å². The minimum absolute atomic E-state index is 0.0715. The Bertz CT molecular complexity index is 1170. The predicted molar refractivity (Wildman–Crippen MR) is 129 cm³/mol. The number of rotatable bonds is 6. The lowest BCUT2D eigenvalue weighted by Gasteiger charge is -2.09. The van der Waals surface area contributed by atoms with Gasteiger partial charge in [-0.1, -0.05) is 53.0 Å². The molecule has 156 valence electrons. The molecule has 1 amide bonds. The molecule has 0 bridgehead atoms. The lowest BCUT2D eigenvalue weighted by Crippen LogP contribution is -2.13. The van der Waals surface area contributed by atoms with Crippen LogP contribution in [0.25, 0.3) is 6.08 Å². The van der Waals surface area contributed by atoms with E-state index in [1.54, 1.807) is 48.5 Å². The normalized spacial score (nSPS) is 11.0. The Morgan fingerprint density at radius 3 is 2.29 bits per heavy atom. The molecule has 0 saturated carbocycles. The molecule has 0 saturated heterocycles. The molecule has 0 aromatic heterocycles. The molecule has 0 aliphatic carbocycles. The van der Waals surface area contributed by atoms with E-state index in [4.69, 9.17) is 39.5 Å². The van der Waals surface area contributed by atoms with Crippen LogP contribution in [0.1, 0.15) is 11.1 Å². The average molecular weight is 537 g/mol. The Labute approximate surface area is 203 Å². The number of halogens is 4. The zero-order valence-corrected chi connectivity index (χ0v) is 19.7. The van der Waals surface area contributed by atoms with Crippen molar-refractivity contribution in [2.45, 2.75) is 6.61 Å². The van der Waals surface area contributed by atoms with Crippen LogP contribution in [0.5, 0.6) is 5.75 Å². The molecule has 31 heavy (non-hydrogen) atoms. The molecule has 3 aromatic rings. The molecule has 4 nitrogen and oxygen atoms in total. The smallest absolute Gasteiger partial charge is 0.266 e. The molecule has 0 aliphatic heterocycles. The minimum atomic E-state index is -0.569. The Morgan fingerprint density at radius 1 is 1.00 bits per heavy atom. The van der Waals surface area contributed by atoms with Crippen molar-refractivity contribution in [3.63, 3.8) is 0 Å². The molecule has 0 aliphatic rings. The SMILES string of the molecule is N#CC(=Cc1ccc(OCc2ccc(Cl)cc2)c(Br)c1)C(=O)Nc1cc(Cl)cc(Cl)c1. The number of benzene rings is 3. The van der Waals surface area contributed by atoms with Crippen LogP contribution in [-0.2, 0) is 11.4 Å². The molecule has 3 rings (SSSR count). The first-order chi connectivity index (χ1) is 14.8. The van der Waals surface area contributed by atoms with E-state index in [1.165, 1.54) is 6.08 Å². The molecular formula is C23H14BrCl3N2O2. The number of carbonyl (C=O) groups is 1. The molecular weight excluding hydrogens is 523 g/mol. The predicted octanol–water partition coefficient (Wildman–Crippen LogP) is 7.53. The van der Waals surface area contributed by atoms with Gasteiger partial charge in [-0.05, 0) is 75.6 Å². The summed E-state index contributed by atoms with van der Waals surface area (Å²) in [5.41, 5.74) is 1.96. The molecule has 0 heterocycles. The highest BCUT2D eigenvalue weighted by molar-refractivity contribution is 9.10. The quantitative estimate of drug-likeness (QED) is 0.262. The third-order valence-electron chi connectivity index (χ3n) is 4.06. The van der Waals surface area contributed by atoms with E-state index in [1.807, 2.05) is 18.2 Å². The Hall–Kier alpha value is -2.49. The molecule has 0 fully saturated rings. The summed E-state index contributed by atoms with van der Waals surface area (Å²) in [6.07, 6.45) is 1.48. The maximum atomic E-state index is 12.5. The maximum absolute atomic E-state index is 12.5. The molecule has 0 unspecified atom stereocenters. The van der Waals surface area contributed by atoms with Gasteiger partial charge in [-0.15, -0.1) is 0 Å². The lowest BCUT2D eigenvalue weighted by atomic mass is 10.1. The van der Waals surface area contributed by atoms with E-state index in [9.17, 15) is 10.1 Å². The third-order valence-corrected chi connectivity index (χ3v) is 5.37. The van der Waals surface area contributed by atoms with Crippen LogP contribution in [0.2, 0.25) is 15.1 Å². The zero-order valence-electron chi connectivity index (χ0n) is 15.8. The summed E-state index contributed by atoms with van der Waals surface area (Å²) >= 11 is 21.2. The van der Waals surface area contributed by atoms with E-state index in [-0.39, 0.29) is 5.57 Å². The average Bonchev–Trinajstić information content (AvgIpc) is 2.71. The first-order valence-corrected chi connectivity index (χ1v) is 10.8. The fourth-order valence-electron chi connectivity index (χ4n) is 2.61. The van der Waals surface area contributed by atoms with E-state index < -0.39 is 5.91 Å². The van der Waals surface area contributed by atoms with Gasteiger partial charge in [-0.3, -0.25) is 4.79 Å². The molecule has 0 radical (unpaired) electrons. The molecule has 1 N–H and O–H groups in total. The molecule has 0 atom stereocenters. The number of nitrogens with zero attached hydrogens (tertiary/aromatic N) is 1. The van der Waals surface area contributed by atoms with Crippen LogP contribution in [0.3, 0.4) is 0 Å². The molecule has 3 aromatic carbocycles. The van der Waals surface area contributed by atoms with Crippen LogP contribution < -0.4 is 10.1 Å². The van der Waals surface area contributed by atoms with E-state index >= 15 is 0 Å². The van der Waals surface area contributed by atoms with Gasteiger partial charge in [0, 0.05) is 20.8 Å². The number of hydrogen-bond donors (Lipinski definition) is 1. The van der Waals surface area contributed by atoms with Crippen molar-refractivity contribution in [1.29, 1.82) is 5.26 Å². The summed E-state index contributed by atoms with van der Waals surface area (Å²) in [7, 11) is 0. The minimum Gasteiger partial charge on any atom is -0.488 e. The fourth-order valence-corrected chi connectivity index (χ4v) is 3.77. The summed E-state index contributed by atoms with van der Waals surface area (Å²) in [5.74, 6) is 0.0589. The Kier molecular flexibility index (Phi) is 8.00. The van der Waals surface area contributed by atoms with Gasteiger partial charge in [-0.25, -0.2) is 0 Å². The third kappa shape index (κ3) is 6.75. The number of nitrogens with one attached hydrogen (secondary N) is 1. The van der Waals surface area contributed by atoms with Gasteiger partial charge in [0.05, 0.1) is 4.47 Å². The van der Waals surface area contributed by atoms with E-state index in [2.05, 4.69) is 21.2 Å². The first-order valence-electron chi connectivity index (χ1n) is 8.90. The van der Waals surface area contributed by atoms with Crippen molar-refractivity contribution in [3.05, 3.63) is 96.9 Å². The van der Waals surface area contributed by atoms with Crippen molar-refractivity contribution in [2.24, 2.45) is 0 Å². The Balaban J connectivity index is 1.71. The van der Waals surface area contributed by atoms with Crippen LogP contribution in [0.15, 0.2) is 70.7 Å². The number of amides is 1. The summed E-state index contributed by atoms with van der Waals surface area (Å²) in [4.78, 5) is 12.5. The van der Waals surface area contributed by atoms with E-state index in [0.717, 1.165) is 5.56 Å². The second-order valence-corrected chi connectivity index (χ2v) is 8.55. The molecule has 8 heteroatoms. The second kappa shape index (κ2) is 10.7. The largest absolute Gasteiger partial charge is 0.488 e. The van der Waals surface area contributed by atoms with Gasteiger partial charge in [0.25, 0.3) is 5.91 Å². The van der Waals surface area contributed by atoms with Gasteiger partial charge in [0.2, 0.25) is 0 Å². The number of ether oxygens (including phenoxy) is 1. The van der Waals surface area contributed by atoms with Gasteiger partial charge >= 0.3 is 0 Å². The molecule has 0 spiro atoms. The summed E-state index contributed by atoms with van der Waals surface area (Å²) < 4.78 is 6.51. The van der Waals surface area contributed by atoms with Gasteiger partial charge in [-0.2, -0.15) is 5.26 Å². The van der Waals surface area contributed by atoms with Crippen LogP contribution >= 0.6 is 50.7 Å². The van der Waals surface area contributed by atoms with Crippen molar-refractivity contribution >= 4 is 68.4 Å². The topological polar surface area (TPSA) is 62.1 Å². The summed E-state index contributed by atoms with van der Waals surface area (Å²) in [6, 6.07) is 19.2. The van der Waals surface area contributed by atoms with Crippen molar-refractivity contribution in [2.75, 3.05) is 5.32 Å². The number of carbonyl (C=O) groups excluding carboxylic acids is 1. The highest BCUT2D eigenvalue weighted by Crippen LogP contribution is 2.28. The maximum Gasteiger partial charge on any atom is 0.266 e. The van der Waals surface area contributed by atoms with Crippen LogP contribution in [-0.4, -0.2) is 5.91 Å². The number of hydrogen-bond acceptors (Lipinski definition) is 3. The van der Waals surface area contributed by atoms with Crippen molar-refractivity contribution < 1.29 is 9.53 Å². The summed E-state index contributed by atoms with van der Waals surface area (Å²) in [6.45, 7) is 0.374. The van der Waals surface area contributed by atoms with Gasteiger partial charge in [0.15, 0.2) is 0 Å². The van der Waals surface area contributed by atoms with Crippen LogP contribution in [0.4, 0.5) is 5.69 Å². The monoisotopic (exact) mass is 534 g/mol. The highest BCUT2D eigenvalue weighted by Gasteiger charge is 2.11. The first kappa shape index (κ1) is 23.2. The fraction of sp³-hybridized carbons (Fsp3) is 0.0435. The number of nitriles is 1. The zero-order chi connectivity index (χ0) is 22.4. The van der Waals surface area contributed by atoms with E-state index in [0.29, 0.717) is 43.1 Å². The Morgan fingerprint density at radius 2 is 1.68 bits per heavy atom. The lowest BCUT2D eigenvalue weighted by molar-refractivity contribution is -0.112. The highest BCUT2D eigenvalue weighted by atomic mass is 79.9. The van der Waals surface area contributed by atoms with Crippen LogP contribution in [0, 0.1) is 11.3 Å². The van der Waals surface area contributed by atoms with Crippen molar-refractivity contribution in [3.8, 4) is 11.8 Å². The number of anilines is 1. The second-order valence-electron chi connectivity index (χ2n) is 6.39. The van der Waals surface area contributed by atoms with Crippen molar-refractivity contribution in [1.82, 2.24) is 0 Å². The summed E-state index contributed by atoms with van der Waals surface area (Å²) in [5, 5.41) is 13.5. The standard InChI is InChI=1S/C23H14BrCl3N2O2/c24-21-8-15(3-6-22(21)31-13-14-1-4-17(25)5-2-14)7-16(12-28)23(30)29-20-10-18(26)9-19(27)11-20/h1-11H,13H2,(H,29,30). The van der Waals surface area contributed by atoms with Gasteiger partial charge < -0.3 is 10.1 Å².